The molecule has 4 nitrogen and oxygen atoms in total. The number of piperidine rings is 1. The van der Waals surface area contributed by atoms with Crippen LogP contribution < -0.4 is 10.1 Å². The van der Waals surface area contributed by atoms with Gasteiger partial charge in [0, 0.05) is 11.9 Å². The maximum atomic E-state index is 14.5. The topological polar surface area (TPSA) is 34.1 Å². The number of alkyl halides is 1. The standard InChI is InChI=1S/C30H39FN3O/c1-6-7-12-24-13-8-9-19-34(24,5)30(22(4)21(2)3)26-16-15-23-11-10-14-28(29(23)33-26)35-27-17-18-32-20-25(27)31/h8-16,19,21,25,27,32H,6-7,17-18,20H2,1-5H3/q+1. The van der Waals surface area contributed by atoms with E-state index in [1.165, 1.54) is 17.0 Å². The lowest BCUT2D eigenvalue weighted by atomic mass is 9.97. The van der Waals surface area contributed by atoms with E-state index in [4.69, 9.17) is 9.72 Å². The third-order valence-electron chi connectivity index (χ3n) is 7.20. The number of ether oxygens (including phenoxy) is 1. The molecule has 1 N–H and O–H groups in total. The van der Waals surface area contributed by atoms with E-state index in [1.54, 1.807) is 0 Å². The van der Waals surface area contributed by atoms with Crippen molar-refractivity contribution in [3.63, 3.8) is 0 Å². The minimum atomic E-state index is -1.03. The predicted octanol–water partition coefficient (Wildman–Crippen LogP) is 6.91. The highest BCUT2D eigenvalue weighted by atomic mass is 19.1. The SMILES string of the molecule is CCCC=C1C=CC=C[N+]1(C)C(=C(C)C(C)C)c1ccc2cccc(OC3CCNCC3F)c2n1. The van der Waals surface area contributed by atoms with Crippen molar-refractivity contribution < 1.29 is 13.6 Å². The second-order valence-corrected chi connectivity index (χ2v) is 10.1. The molecular formula is C30H39FN3O+. The van der Waals surface area contributed by atoms with Gasteiger partial charge in [-0.05, 0) is 68.2 Å². The van der Waals surface area contributed by atoms with Gasteiger partial charge >= 0.3 is 0 Å². The summed E-state index contributed by atoms with van der Waals surface area (Å²) in [7, 11) is 2.24. The number of nitrogens with one attached hydrogen (secondary N) is 1. The monoisotopic (exact) mass is 476 g/mol. The van der Waals surface area contributed by atoms with E-state index >= 15 is 0 Å². The summed E-state index contributed by atoms with van der Waals surface area (Å²) in [6, 6.07) is 10.1. The van der Waals surface area contributed by atoms with Crippen LogP contribution in [0.15, 0.2) is 72.1 Å². The molecule has 2 aliphatic rings. The lowest BCUT2D eigenvalue weighted by Crippen LogP contribution is -2.44. The lowest BCUT2D eigenvalue weighted by Gasteiger charge is -2.36. The smallest absolute Gasteiger partial charge is 0.167 e. The first kappa shape index (κ1) is 25.3. The molecule has 0 bridgehead atoms. The first-order valence-corrected chi connectivity index (χ1v) is 12.9. The summed E-state index contributed by atoms with van der Waals surface area (Å²) in [5.41, 5.74) is 5.41. The van der Waals surface area contributed by atoms with Gasteiger partial charge in [0.2, 0.25) is 0 Å². The third kappa shape index (κ3) is 5.26. The molecule has 5 heteroatoms. The van der Waals surface area contributed by atoms with Crippen molar-refractivity contribution in [3.05, 3.63) is 77.8 Å². The highest BCUT2D eigenvalue weighted by molar-refractivity contribution is 5.86. The summed E-state index contributed by atoms with van der Waals surface area (Å²) in [6.07, 6.45) is 12.3. The largest absolute Gasteiger partial charge is 0.485 e. The second kappa shape index (κ2) is 10.9. The number of fused-ring (bicyclic) bond motifs is 1. The Morgan fingerprint density at radius 3 is 2.83 bits per heavy atom. The van der Waals surface area contributed by atoms with Crippen molar-refractivity contribution in [2.75, 3.05) is 20.1 Å². The molecule has 35 heavy (non-hydrogen) atoms. The third-order valence-corrected chi connectivity index (χ3v) is 7.20. The summed E-state index contributed by atoms with van der Waals surface area (Å²) in [4.78, 5) is 5.18. The van der Waals surface area contributed by atoms with E-state index in [-0.39, 0.29) is 0 Å². The van der Waals surface area contributed by atoms with Crippen LogP contribution in [-0.4, -0.2) is 41.9 Å². The fourth-order valence-electron chi connectivity index (χ4n) is 4.89. The number of hydrogen-bond donors (Lipinski definition) is 1. The first-order chi connectivity index (χ1) is 16.8. The molecule has 3 atom stereocenters. The van der Waals surface area contributed by atoms with E-state index in [2.05, 4.69) is 82.7 Å². The zero-order valence-electron chi connectivity index (χ0n) is 21.7. The molecule has 0 amide bonds. The minimum Gasteiger partial charge on any atom is -0.485 e. The quantitative estimate of drug-likeness (QED) is 0.441. The van der Waals surface area contributed by atoms with Crippen LogP contribution in [0.5, 0.6) is 5.75 Å². The minimum absolute atomic E-state index is 0.330. The van der Waals surface area contributed by atoms with Gasteiger partial charge in [-0.3, -0.25) is 0 Å². The molecular weight excluding hydrogens is 437 g/mol. The van der Waals surface area contributed by atoms with Crippen LogP contribution in [0.3, 0.4) is 0 Å². The van der Waals surface area contributed by atoms with Crippen molar-refractivity contribution in [2.24, 2.45) is 5.92 Å². The average Bonchev–Trinajstić information content (AvgIpc) is 2.85. The van der Waals surface area contributed by atoms with E-state index in [0.717, 1.165) is 36.0 Å². The van der Waals surface area contributed by atoms with Crippen LogP contribution in [0, 0.1) is 5.92 Å². The number of halogens is 1. The van der Waals surface area contributed by atoms with Crippen LogP contribution >= 0.6 is 0 Å². The molecule has 0 aliphatic carbocycles. The molecule has 0 radical (unpaired) electrons. The molecule has 4 rings (SSSR count). The summed E-state index contributed by atoms with van der Waals surface area (Å²) >= 11 is 0. The van der Waals surface area contributed by atoms with Crippen molar-refractivity contribution in [1.82, 2.24) is 10.3 Å². The van der Waals surface area contributed by atoms with Gasteiger partial charge in [-0.1, -0.05) is 51.5 Å². The van der Waals surface area contributed by atoms with Crippen molar-refractivity contribution >= 4 is 16.6 Å². The zero-order chi connectivity index (χ0) is 25.0. The molecule has 1 aromatic heterocycles. The molecule has 1 fully saturated rings. The fraction of sp³-hybridized carbons (Fsp3) is 0.433. The number of benzene rings is 1. The summed E-state index contributed by atoms with van der Waals surface area (Å²) < 4.78 is 21.3. The molecule has 3 unspecified atom stereocenters. The number of hydrogen-bond acceptors (Lipinski definition) is 3. The van der Waals surface area contributed by atoms with Gasteiger partial charge in [-0.15, -0.1) is 0 Å². The molecule has 186 valence electrons. The number of unbranched alkanes of at least 4 members (excludes halogenated alkanes) is 1. The van der Waals surface area contributed by atoms with Crippen LogP contribution in [0.4, 0.5) is 4.39 Å². The molecule has 0 saturated carbocycles. The molecule has 2 aromatic rings. The van der Waals surface area contributed by atoms with Gasteiger partial charge in [0.15, 0.2) is 5.70 Å². The highest BCUT2D eigenvalue weighted by Crippen LogP contribution is 2.39. The van der Waals surface area contributed by atoms with Crippen molar-refractivity contribution in [2.45, 2.75) is 59.2 Å². The number of pyridine rings is 1. The number of nitrogens with zero attached hydrogens (tertiary/aromatic N) is 2. The van der Waals surface area contributed by atoms with Crippen LogP contribution in [0.1, 0.15) is 52.7 Å². The Labute approximate surface area is 209 Å². The number of rotatable bonds is 7. The fourth-order valence-corrected chi connectivity index (χ4v) is 4.89. The average molecular weight is 477 g/mol. The highest BCUT2D eigenvalue weighted by Gasteiger charge is 2.35. The van der Waals surface area contributed by atoms with Gasteiger partial charge in [0.05, 0.1) is 7.05 Å². The van der Waals surface area contributed by atoms with Crippen molar-refractivity contribution in [3.8, 4) is 5.75 Å². The maximum absolute atomic E-state index is 14.5. The second-order valence-electron chi connectivity index (χ2n) is 10.1. The number of aromatic nitrogens is 1. The normalized spacial score (nSPS) is 26.4. The number of allylic oxidation sites excluding steroid dienone is 5. The van der Waals surface area contributed by atoms with E-state index in [9.17, 15) is 4.39 Å². The zero-order valence-corrected chi connectivity index (χ0v) is 21.7. The molecule has 0 spiro atoms. The van der Waals surface area contributed by atoms with Crippen LogP contribution in [0.25, 0.3) is 16.6 Å². The van der Waals surface area contributed by atoms with Gasteiger partial charge in [-0.25, -0.2) is 13.9 Å². The van der Waals surface area contributed by atoms with Gasteiger partial charge in [0.25, 0.3) is 0 Å². The Hall–Kier alpha value is -2.76. The summed E-state index contributed by atoms with van der Waals surface area (Å²) in [5.74, 6) is 1.01. The van der Waals surface area contributed by atoms with E-state index in [1.807, 2.05) is 18.2 Å². The molecule has 2 aliphatic heterocycles. The summed E-state index contributed by atoms with van der Waals surface area (Å²) in [6.45, 7) is 9.97. The van der Waals surface area contributed by atoms with E-state index in [0.29, 0.717) is 29.1 Å². The maximum Gasteiger partial charge on any atom is 0.167 e. The number of quaternary nitrogens is 1. The Kier molecular flexibility index (Phi) is 7.88. The number of para-hydroxylation sites is 1. The van der Waals surface area contributed by atoms with Crippen LogP contribution in [-0.2, 0) is 0 Å². The van der Waals surface area contributed by atoms with Gasteiger partial charge in [0.1, 0.15) is 41.1 Å². The predicted molar refractivity (Wildman–Crippen MR) is 143 cm³/mol. The van der Waals surface area contributed by atoms with Gasteiger partial charge in [-0.2, -0.15) is 0 Å². The Balaban J connectivity index is 1.84. The number of likely N-dealkylation sites (N-methyl/N-ethyl adjacent to an activating group) is 1. The molecule has 1 aromatic carbocycles. The molecule has 1 saturated heterocycles. The Bertz CT molecular complexity index is 1180. The molecule has 3 heterocycles. The summed E-state index contributed by atoms with van der Waals surface area (Å²) in [5, 5.41) is 4.09. The van der Waals surface area contributed by atoms with Gasteiger partial charge < -0.3 is 10.1 Å². The lowest BCUT2D eigenvalue weighted by molar-refractivity contribution is -0.741. The van der Waals surface area contributed by atoms with E-state index < -0.39 is 12.3 Å². The van der Waals surface area contributed by atoms with Crippen LogP contribution in [0.2, 0.25) is 0 Å². The Morgan fingerprint density at radius 2 is 2.09 bits per heavy atom. The van der Waals surface area contributed by atoms with Crippen molar-refractivity contribution in [1.29, 1.82) is 0 Å². The first-order valence-electron chi connectivity index (χ1n) is 12.9. The Morgan fingerprint density at radius 1 is 1.26 bits per heavy atom.